The van der Waals surface area contributed by atoms with Gasteiger partial charge in [0.15, 0.2) is 0 Å². The molecule has 1 saturated carbocycles. The lowest BCUT2D eigenvalue weighted by Crippen LogP contribution is -2.42. The van der Waals surface area contributed by atoms with E-state index in [0.29, 0.717) is 23.8 Å². The van der Waals surface area contributed by atoms with E-state index in [0.717, 1.165) is 12.8 Å². The molecule has 17 heavy (non-hydrogen) atoms. The van der Waals surface area contributed by atoms with E-state index in [-0.39, 0.29) is 19.0 Å². The summed E-state index contributed by atoms with van der Waals surface area (Å²) in [5.41, 5.74) is 1.04. The van der Waals surface area contributed by atoms with Gasteiger partial charge in [0.2, 0.25) is 0 Å². The molecule has 1 aliphatic carbocycles. The average Bonchev–Trinajstić information content (AvgIpc) is 2.26. The molecule has 0 spiro atoms. The molecular formula is C13H18FNO2. The highest BCUT2D eigenvalue weighted by Crippen LogP contribution is 2.32. The lowest BCUT2D eigenvalue weighted by atomic mass is 9.90. The van der Waals surface area contributed by atoms with Crippen LogP contribution in [0.15, 0.2) is 18.2 Å². The molecule has 0 saturated heterocycles. The fourth-order valence-corrected chi connectivity index (χ4v) is 2.28. The third-order valence-corrected chi connectivity index (χ3v) is 3.42. The monoisotopic (exact) mass is 239 g/mol. The van der Waals surface area contributed by atoms with Crippen LogP contribution >= 0.6 is 0 Å². The summed E-state index contributed by atoms with van der Waals surface area (Å²) in [6.07, 6.45) is 3.32. The molecule has 0 atom stereocenters. The maximum atomic E-state index is 13.6. The van der Waals surface area contributed by atoms with Crippen LogP contribution < -0.4 is 4.90 Å². The number of hydrogen-bond acceptors (Lipinski definition) is 3. The number of benzene rings is 1. The Morgan fingerprint density at radius 1 is 1.29 bits per heavy atom. The number of hydrogen-bond donors (Lipinski definition) is 2. The Bertz CT molecular complexity index is 380. The highest BCUT2D eigenvalue weighted by atomic mass is 19.1. The Morgan fingerprint density at radius 2 is 2.06 bits per heavy atom. The Kier molecular flexibility index (Phi) is 3.97. The SMILES string of the molecule is OCCN(c1cccc(F)c1CO)C1CCC1. The standard InChI is InChI=1S/C13H18FNO2/c14-12-5-2-6-13(11(12)9-17)15(7-8-16)10-3-1-4-10/h2,5-6,10,16-17H,1,3-4,7-9H2. The minimum absolute atomic E-state index is 0.0396. The van der Waals surface area contributed by atoms with E-state index in [4.69, 9.17) is 5.11 Å². The van der Waals surface area contributed by atoms with Gasteiger partial charge in [-0.1, -0.05) is 6.07 Å². The van der Waals surface area contributed by atoms with Gasteiger partial charge in [0, 0.05) is 23.8 Å². The predicted octanol–water partition coefficient (Wildman–Crippen LogP) is 1.67. The van der Waals surface area contributed by atoms with Crippen LogP contribution in [-0.2, 0) is 6.61 Å². The number of halogens is 1. The van der Waals surface area contributed by atoms with Gasteiger partial charge in [-0.05, 0) is 31.4 Å². The van der Waals surface area contributed by atoms with E-state index in [2.05, 4.69) is 0 Å². The highest BCUT2D eigenvalue weighted by molar-refractivity contribution is 5.55. The number of anilines is 1. The van der Waals surface area contributed by atoms with Crippen LogP contribution in [-0.4, -0.2) is 29.4 Å². The molecule has 1 aromatic rings. The van der Waals surface area contributed by atoms with Crippen molar-refractivity contribution < 1.29 is 14.6 Å². The molecule has 2 N–H and O–H groups in total. The molecule has 1 aliphatic rings. The van der Waals surface area contributed by atoms with Crippen molar-refractivity contribution in [1.29, 1.82) is 0 Å². The van der Waals surface area contributed by atoms with Crippen LogP contribution in [0.1, 0.15) is 24.8 Å². The smallest absolute Gasteiger partial charge is 0.130 e. The first-order chi connectivity index (χ1) is 8.27. The van der Waals surface area contributed by atoms with Gasteiger partial charge < -0.3 is 15.1 Å². The second-order valence-electron chi connectivity index (χ2n) is 4.40. The lowest BCUT2D eigenvalue weighted by molar-refractivity contribution is 0.270. The molecule has 1 fully saturated rings. The van der Waals surface area contributed by atoms with Gasteiger partial charge in [-0.25, -0.2) is 4.39 Å². The molecule has 0 aromatic heterocycles. The topological polar surface area (TPSA) is 43.7 Å². The Morgan fingerprint density at radius 3 is 2.59 bits per heavy atom. The number of rotatable bonds is 5. The van der Waals surface area contributed by atoms with Crippen LogP contribution in [0, 0.1) is 5.82 Å². The summed E-state index contributed by atoms with van der Waals surface area (Å²) >= 11 is 0. The Balaban J connectivity index is 2.30. The first-order valence-electron chi connectivity index (χ1n) is 6.03. The average molecular weight is 239 g/mol. The van der Waals surface area contributed by atoms with Gasteiger partial charge in [0.1, 0.15) is 5.82 Å². The van der Waals surface area contributed by atoms with Crippen LogP contribution in [0.3, 0.4) is 0 Å². The predicted molar refractivity (Wildman–Crippen MR) is 64.4 cm³/mol. The van der Waals surface area contributed by atoms with Crippen molar-refractivity contribution in [2.75, 3.05) is 18.1 Å². The van der Waals surface area contributed by atoms with Crippen LogP contribution in [0.25, 0.3) is 0 Å². The van der Waals surface area contributed by atoms with E-state index < -0.39 is 0 Å². The Hall–Kier alpha value is -1.13. The number of aliphatic hydroxyl groups excluding tert-OH is 2. The fourth-order valence-electron chi connectivity index (χ4n) is 2.28. The summed E-state index contributed by atoms with van der Waals surface area (Å²) in [4.78, 5) is 2.01. The number of nitrogens with zero attached hydrogens (tertiary/aromatic N) is 1. The Labute approximate surface area is 100 Å². The molecule has 0 bridgehead atoms. The van der Waals surface area contributed by atoms with Gasteiger partial charge in [-0.3, -0.25) is 0 Å². The zero-order chi connectivity index (χ0) is 12.3. The molecule has 2 rings (SSSR count). The number of aliphatic hydroxyl groups is 2. The highest BCUT2D eigenvalue weighted by Gasteiger charge is 2.26. The van der Waals surface area contributed by atoms with Crippen LogP contribution in [0.4, 0.5) is 10.1 Å². The fraction of sp³-hybridized carbons (Fsp3) is 0.538. The zero-order valence-electron chi connectivity index (χ0n) is 9.77. The van der Waals surface area contributed by atoms with Gasteiger partial charge in [-0.2, -0.15) is 0 Å². The van der Waals surface area contributed by atoms with Crippen molar-refractivity contribution in [3.05, 3.63) is 29.6 Å². The summed E-state index contributed by atoms with van der Waals surface area (Å²) in [6.45, 7) is 0.218. The van der Waals surface area contributed by atoms with Crippen molar-refractivity contribution >= 4 is 5.69 Å². The molecule has 94 valence electrons. The molecule has 0 aliphatic heterocycles. The van der Waals surface area contributed by atoms with Crippen molar-refractivity contribution in [2.45, 2.75) is 31.9 Å². The van der Waals surface area contributed by atoms with Crippen molar-refractivity contribution in [2.24, 2.45) is 0 Å². The normalized spacial score (nSPS) is 15.7. The van der Waals surface area contributed by atoms with E-state index in [1.807, 2.05) is 11.0 Å². The van der Waals surface area contributed by atoms with E-state index in [1.165, 1.54) is 12.5 Å². The molecule has 0 radical (unpaired) electrons. The third-order valence-electron chi connectivity index (χ3n) is 3.42. The maximum absolute atomic E-state index is 13.6. The van der Waals surface area contributed by atoms with Gasteiger partial charge in [-0.15, -0.1) is 0 Å². The first-order valence-corrected chi connectivity index (χ1v) is 6.03. The van der Waals surface area contributed by atoms with Crippen molar-refractivity contribution in [3.8, 4) is 0 Å². The molecule has 0 unspecified atom stereocenters. The quantitative estimate of drug-likeness (QED) is 0.821. The molecule has 0 heterocycles. The van der Waals surface area contributed by atoms with Gasteiger partial charge in [0.25, 0.3) is 0 Å². The minimum atomic E-state index is -0.382. The third kappa shape index (κ3) is 2.42. The van der Waals surface area contributed by atoms with E-state index in [1.54, 1.807) is 6.07 Å². The molecule has 0 amide bonds. The van der Waals surface area contributed by atoms with Crippen molar-refractivity contribution in [3.63, 3.8) is 0 Å². The van der Waals surface area contributed by atoms with E-state index >= 15 is 0 Å². The summed E-state index contributed by atoms with van der Waals surface area (Å²) in [5.74, 6) is -0.382. The van der Waals surface area contributed by atoms with Gasteiger partial charge in [0.05, 0.1) is 13.2 Å². The van der Waals surface area contributed by atoms with Crippen molar-refractivity contribution in [1.82, 2.24) is 0 Å². The molecule has 1 aromatic carbocycles. The van der Waals surface area contributed by atoms with Crippen LogP contribution in [0.2, 0.25) is 0 Å². The molecule has 4 heteroatoms. The largest absolute Gasteiger partial charge is 0.395 e. The zero-order valence-corrected chi connectivity index (χ0v) is 9.77. The lowest BCUT2D eigenvalue weighted by Gasteiger charge is -2.39. The summed E-state index contributed by atoms with van der Waals surface area (Å²) in [6, 6.07) is 5.18. The summed E-state index contributed by atoms with van der Waals surface area (Å²) in [5, 5.41) is 18.4. The molecular weight excluding hydrogens is 221 g/mol. The second kappa shape index (κ2) is 5.47. The maximum Gasteiger partial charge on any atom is 0.130 e. The first kappa shape index (κ1) is 12.3. The molecule has 3 nitrogen and oxygen atoms in total. The minimum Gasteiger partial charge on any atom is -0.395 e. The van der Waals surface area contributed by atoms with E-state index in [9.17, 15) is 9.50 Å². The second-order valence-corrected chi connectivity index (χ2v) is 4.40. The van der Waals surface area contributed by atoms with Crippen LogP contribution in [0.5, 0.6) is 0 Å². The summed E-state index contributed by atoms with van der Waals surface area (Å²) in [7, 11) is 0. The van der Waals surface area contributed by atoms with Gasteiger partial charge >= 0.3 is 0 Å². The summed E-state index contributed by atoms with van der Waals surface area (Å²) < 4.78 is 13.6.